The molecule has 10 heteroatoms. The molecule has 1 heterocycles. The van der Waals surface area contributed by atoms with Crippen molar-refractivity contribution in [2.24, 2.45) is 0 Å². The van der Waals surface area contributed by atoms with Gasteiger partial charge in [-0.25, -0.2) is 4.79 Å². The summed E-state index contributed by atoms with van der Waals surface area (Å²) in [5.74, 6) is -1.93. The summed E-state index contributed by atoms with van der Waals surface area (Å²) in [6.45, 7) is -0.889. The Kier molecular flexibility index (Phi) is 6.42. The van der Waals surface area contributed by atoms with E-state index in [1.54, 1.807) is 18.2 Å². The van der Waals surface area contributed by atoms with Crippen molar-refractivity contribution < 1.29 is 33.8 Å². The Bertz CT molecular complexity index is 777. The van der Waals surface area contributed by atoms with E-state index in [-0.39, 0.29) is 11.5 Å². The molecule has 8 nitrogen and oxygen atoms in total. The van der Waals surface area contributed by atoms with Gasteiger partial charge in [-0.1, -0.05) is 6.07 Å². The van der Waals surface area contributed by atoms with Crippen LogP contribution < -0.4 is 4.74 Å². The molecule has 1 aromatic rings. The van der Waals surface area contributed by atoms with Gasteiger partial charge < -0.3 is 14.6 Å². The number of ether oxygens (including phenoxy) is 2. The molecule has 0 radical (unpaired) electrons. The number of carboxylic acids is 1. The van der Waals surface area contributed by atoms with Crippen molar-refractivity contribution in [2.75, 3.05) is 20.3 Å². The van der Waals surface area contributed by atoms with E-state index in [2.05, 4.69) is 4.74 Å². The molecular formula is C15H12INO7S. The number of carbonyl (C=O) groups excluding carboxylic acids is 3. The fraction of sp³-hybridized carbons (Fsp3) is 0.200. The summed E-state index contributed by atoms with van der Waals surface area (Å²) in [5.41, 5.74) is 0.635. The van der Waals surface area contributed by atoms with Gasteiger partial charge in [-0.05, 0) is 58.1 Å². The molecule has 132 valence electrons. The third kappa shape index (κ3) is 4.95. The lowest BCUT2D eigenvalue weighted by molar-refractivity contribution is -0.143. The maximum Gasteiger partial charge on any atom is 0.343 e. The van der Waals surface area contributed by atoms with Crippen LogP contribution >= 0.6 is 34.4 Å². The first kappa shape index (κ1) is 19.2. The number of benzene rings is 1. The minimum Gasteiger partial charge on any atom is -0.481 e. The second-order valence-corrected chi connectivity index (χ2v) is 6.87. The number of hydrogen-bond acceptors (Lipinski definition) is 7. The van der Waals surface area contributed by atoms with Gasteiger partial charge in [-0.2, -0.15) is 0 Å². The summed E-state index contributed by atoms with van der Waals surface area (Å²) in [4.78, 5) is 46.4. The van der Waals surface area contributed by atoms with E-state index >= 15 is 0 Å². The van der Waals surface area contributed by atoms with E-state index in [0.717, 1.165) is 0 Å². The lowest BCUT2D eigenvalue weighted by Gasteiger charge is -2.08. The molecule has 1 fully saturated rings. The van der Waals surface area contributed by atoms with Gasteiger partial charge in [0.25, 0.3) is 11.1 Å². The van der Waals surface area contributed by atoms with Crippen molar-refractivity contribution in [2.45, 2.75) is 0 Å². The first-order chi connectivity index (χ1) is 11.8. The van der Waals surface area contributed by atoms with Crippen LogP contribution in [0.25, 0.3) is 6.08 Å². The largest absolute Gasteiger partial charge is 0.481 e. The Balaban J connectivity index is 2.14. The predicted octanol–water partition coefficient (Wildman–Crippen LogP) is 1.96. The number of methoxy groups -OCH3 is 1. The molecule has 25 heavy (non-hydrogen) atoms. The minimum absolute atomic E-state index is 0.144. The monoisotopic (exact) mass is 477 g/mol. The molecule has 1 aromatic carbocycles. The third-order valence-corrected chi connectivity index (χ3v) is 4.74. The molecule has 0 saturated carbocycles. The number of aliphatic carboxylic acids is 1. The van der Waals surface area contributed by atoms with E-state index in [1.807, 2.05) is 22.6 Å². The van der Waals surface area contributed by atoms with Crippen molar-refractivity contribution in [3.05, 3.63) is 32.2 Å². The molecule has 0 aliphatic carbocycles. The van der Waals surface area contributed by atoms with Gasteiger partial charge in [0.15, 0.2) is 6.61 Å². The van der Waals surface area contributed by atoms with E-state index in [0.29, 0.717) is 31.5 Å². The number of hydrogen-bond donors (Lipinski definition) is 1. The Morgan fingerprint density at radius 3 is 2.68 bits per heavy atom. The van der Waals surface area contributed by atoms with E-state index in [4.69, 9.17) is 9.84 Å². The maximum atomic E-state index is 12.1. The zero-order valence-electron chi connectivity index (χ0n) is 12.9. The minimum atomic E-state index is -1.26. The number of imide groups is 1. The normalized spacial score (nSPS) is 15.6. The highest BCUT2D eigenvalue weighted by atomic mass is 127. The quantitative estimate of drug-likeness (QED) is 0.376. The van der Waals surface area contributed by atoms with Crippen molar-refractivity contribution in [1.82, 2.24) is 4.90 Å². The van der Waals surface area contributed by atoms with Crippen LogP contribution in [0, 0.1) is 3.57 Å². The lowest BCUT2D eigenvalue weighted by Crippen LogP contribution is -2.33. The topological polar surface area (TPSA) is 110 Å². The van der Waals surface area contributed by atoms with Gasteiger partial charge in [0, 0.05) is 0 Å². The van der Waals surface area contributed by atoms with Crippen LogP contribution in [0.5, 0.6) is 5.75 Å². The fourth-order valence-electron chi connectivity index (χ4n) is 1.84. The molecular weight excluding hydrogens is 465 g/mol. The number of halogens is 1. The Morgan fingerprint density at radius 2 is 2.08 bits per heavy atom. The SMILES string of the molecule is COC(=O)COc1ccc(/C=C2/SC(=O)N(CC(=O)O)C2=O)cc1I. The molecule has 1 N–H and O–H groups in total. The summed E-state index contributed by atoms with van der Waals surface area (Å²) < 4.78 is 10.5. The summed E-state index contributed by atoms with van der Waals surface area (Å²) in [5, 5.41) is 8.12. The number of thioether (sulfide) groups is 1. The van der Waals surface area contributed by atoms with Crippen LogP contribution in [0.1, 0.15) is 5.56 Å². The summed E-state index contributed by atoms with van der Waals surface area (Å²) >= 11 is 2.69. The zero-order valence-corrected chi connectivity index (χ0v) is 15.8. The third-order valence-electron chi connectivity index (χ3n) is 2.99. The highest BCUT2D eigenvalue weighted by molar-refractivity contribution is 14.1. The molecule has 1 aliphatic rings. The first-order valence-electron chi connectivity index (χ1n) is 6.78. The molecule has 0 atom stereocenters. The molecule has 2 rings (SSSR count). The van der Waals surface area contributed by atoms with Crippen LogP contribution in [-0.4, -0.2) is 53.4 Å². The summed E-state index contributed by atoms with van der Waals surface area (Å²) in [7, 11) is 1.26. The van der Waals surface area contributed by atoms with Gasteiger partial charge in [-0.15, -0.1) is 0 Å². The highest BCUT2D eigenvalue weighted by Crippen LogP contribution is 2.33. The Hall–Kier alpha value is -2.08. The van der Waals surface area contributed by atoms with Crippen LogP contribution in [-0.2, 0) is 19.1 Å². The number of carbonyl (C=O) groups is 4. The van der Waals surface area contributed by atoms with Crippen molar-refractivity contribution >= 4 is 63.5 Å². The van der Waals surface area contributed by atoms with Crippen molar-refractivity contribution in [3.63, 3.8) is 0 Å². The van der Waals surface area contributed by atoms with E-state index in [1.165, 1.54) is 13.2 Å². The maximum absolute atomic E-state index is 12.1. The smallest absolute Gasteiger partial charge is 0.343 e. The molecule has 1 saturated heterocycles. The number of nitrogens with zero attached hydrogens (tertiary/aromatic N) is 1. The molecule has 0 spiro atoms. The average molecular weight is 477 g/mol. The predicted molar refractivity (Wildman–Crippen MR) is 97.0 cm³/mol. The Labute approximate surface area is 160 Å². The number of carboxylic acid groups (broad SMARTS) is 1. The number of esters is 1. The van der Waals surface area contributed by atoms with Crippen LogP contribution in [0.15, 0.2) is 23.1 Å². The standard InChI is InChI=1S/C15H12INO7S/c1-23-13(20)7-24-10-3-2-8(4-9(10)16)5-11-14(21)17(6-12(18)19)15(22)25-11/h2-5H,6-7H2,1H3,(H,18,19)/b11-5+. The number of rotatable bonds is 6. The van der Waals surface area contributed by atoms with E-state index < -0.39 is 29.6 Å². The Morgan fingerprint density at radius 1 is 1.36 bits per heavy atom. The van der Waals surface area contributed by atoms with Gasteiger partial charge in [0.1, 0.15) is 12.3 Å². The highest BCUT2D eigenvalue weighted by Gasteiger charge is 2.36. The second kappa shape index (κ2) is 8.34. The first-order valence-corrected chi connectivity index (χ1v) is 8.67. The molecule has 2 amide bonds. The summed E-state index contributed by atoms with van der Waals surface area (Å²) in [6, 6.07) is 4.98. The fourth-order valence-corrected chi connectivity index (χ4v) is 3.38. The van der Waals surface area contributed by atoms with E-state index in [9.17, 15) is 19.2 Å². The van der Waals surface area contributed by atoms with Crippen LogP contribution in [0.3, 0.4) is 0 Å². The van der Waals surface area contributed by atoms with Crippen molar-refractivity contribution in [3.8, 4) is 5.75 Å². The van der Waals surface area contributed by atoms with Gasteiger partial charge in [-0.3, -0.25) is 19.3 Å². The van der Waals surface area contributed by atoms with Gasteiger partial charge >= 0.3 is 11.9 Å². The zero-order chi connectivity index (χ0) is 18.6. The van der Waals surface area contributed by atoms with Crippen LogP contribution in [0.2, 0.25) is 0 Å². The van der Waals surface area contributed by atoms with Crippen LogP contribution in [0.4, 0.5) is 4.79 Å². The molecule has 1 aliphatic heterocycles. The molecule has 0 aromatic heterocycles. The molecule has 0 bridgehead atoms. The van der Waals surface area contributed by atoms with Gasteiger partial charge in [0.2, 0.25) is 0 Å². The summed E-state index contributed by atoms with van der Waals surface area (Å²) in [6.07, 6.45) is 1.50. The molecule has 0 unspecified atom stereocenters. The second-order valence-electron chi connectivity index (χ2n) is 4.72. The lowest BCUT2D eigenvalue weighted by atomic mass is 10.2. The van der Waals surface area contributed by atoms with Gasteiger partial charge in [0.05, 0.1) is 15.6 Å². The van der Waals surface area contributed by atoms with Crippen molar-refractivity contribution in [1.29, 1.82) is 0 Å². The average Bonchev–Trinajstić information content (AvgIpc) is 2.81. The number of amides is 2.